The van der Waals surface area contributed by atoms with Crippen LogP contribution >= 0.6 is 0 Å². The first-order valence-electron chi connectivity index (χ1n) is 11.2. The summed E-state index contributed by atoms with van der Waals surface area (Å²) in [7, 11) is 1.60. The van der Waals surface area contributed by atoms with Gasteiger partial charge in [-0.25, -0.2) is 19.6 Å². The van der Waals surface area contributed by atoms with Crippen LogP contribution in [0.15, 0.2) is 55.0 Å². The number of aliphatic hydroxyl groups is 1. The first-order valence-corrected chi connectivity index (χ1v) is 11.2. The van der Waals surface area contributed by atoms with Crippen LogP contribution in [0.1, 0.15) is 42.8 Å². The Hall–Kier alpha value is -3.52. The van der Waals surface area contributed by atoms with Gasteiger partial charge in [0.25, 0.3) is 0 Å². The zero-order chi connectivity index (χ0) is 23.0. The number of aryl methyl sites for hydroxylation is 2. The van der Waals surface area contributed by atoms with Gasteiger partial charge in [-0.3, -0.25) is 0 Å². The smallest absolute Gasteiger partial charge is 0.238 e. The molecule has 0 fully saturated rings. The zero-order valence-electron chi connectivity index (χ0n) is 19.1. The Bertz CT molecular complexity index is 1260. The van der Waals surface area contributed by atoms with Crippen LogP contribution in [0.4, 0.5) is 0 Å². The van der Waals surface area contributed by atoms with E-state index in [1.54, 1.807) is 13.4 Å². The van der Waals surface area contributed by atoms with Gasteiger partial charge in [0, 0.05) is 25.1 Å². The van der Waals surface area contributed by atoms with Crippen LogP contribution in [0.5, 0.6) is 5.88 Å². The summed E-state index contributed by atoms with van der Waals surface area (Å²) in [6.07, 6.45) is 6.04. The molecule has 0 saturated heterocycles. The molecule has 0 aliphatic carbocycles. The number of aromatic nitrogens is 6. The fourth-order valence-electron chi connectivity index (χ4n) is 4.64. The highest BCUT2D eigenvalue weighted by Crippen LogP contribution is 2.38. The number of hydrogen-bond donors (Lipinski definition) is 1. The number of hydrogen-bond acceptors (Lipinski definition) is 6. The molecule has 170 valence electrons. The van der Waals surface area contributed by atoms with E-state index >= 15 is 0 Å². The van der Waals surface area contributed by atoms with Gasteiger partial charge >= 0.3 is 0 Å². The van der Waals surface area contributed by atoms with Crippen molar-refractivity contribution in [3.63, 3.8) is 0 Å². The number of rotatable bonds is 6. The van der Waals surface area contributed by atoms with Crippen molar-refractivity contribution in [3.8, 4) is 23.1 Å². The fraction of sp³-hybridized carbons (Fsp3) is 0.360. The minimum atomic E-state index is -0.932. The molecule has 0 radical (unpaired) electrons. The third-order valence-corrected chi connectivity index (χ3v) is 6.28. The van der Waals surface area contributed by atoms with E-state index in [2.05, 4.69) is 9.97 Å². The Balaban J connectivity index is 1.47. The van der Waals surface area contributed by atoms with Gasteiger partial charge in [0.05, 0.1) is 24.7 Å². The van der Waals surface area contributed by atoms with Crippen LogP contribution in [0, 0.1) is 6.92 Å². The second-order valence-corrected chi connectivity index (χ2v) is 8.88. The van der Waals surface area contributed by atoms with E-state index in [0.717, 1.165) is 42.2 Å². The van der Waals surface area contributed by atoms with E-state index in [-0.39, 0.29) is 5.92 Å². The van der Waals surface area contributed by atoms with Gasteiger partial charge in [0.15, 0.2) is 5.82 Å². The van der Waals surface area contributed by atoms with Crippen LogP contribution in [-0.2, 0) is 13.0 Å². The molecule has 0 saturated carbocycles. The summed E-state index contributed by atoms with van der Waals surface area (Å²) in [5.74, 6) is 1.72. The quantitative estimate of drug-likeness (QED) is 0.488. The van der Waals surface area contributed by atoms with E-state index < -0.39 is 5.60 Å². The standard InChI is InChI=1S/C25H28N6O2/c1-17-15-30(16-26-17)21-12-11-20(27-24(21)33-3)22-28-23-19(10-7-13-31(23)29-22)25(2,32)14-18-8-5-4-6-9-18/h4-6,8-9,11-12,15-16,19,32H,7,10,13-14H2,1-3H3. The number of pyridine rings is 1. The van der Waals surface area contributed by atoms with Crippen molar-refractivity contribution in [2.45, 2.75) is 51.2 Å². The highest BCUT2D eigenvalue weighted by atomic mass is 16.5. The lowest BCUT2D eigenvalue weighted by Crippen LogP contribution is -2.39. The topological polar surface area (TPSA) is 90.9 Å². The van der Waals surface area contributed by atoms with Crippen molar-refractivity contribution in [1.82, 2.24) is 29.3 Å². The molecule has 1 N–H and O–H groups in total. The summed E-state index contributed by atoms with van der Waals surface area (Å²) < 4.78 is 9.36. The number of imidazole rings is 1. The first-order chi connectivity index (χ1) is 15.9. The molecule has 8 heteroatoms. The van der Waals surface area contributed by atoms with Crippen molar-refractivity contribution in [1.29, 1.82) is 0 Å². The number of nitrogens with zero attached hydrogens (tertiary/aromatic N) is 6. The minimum Gasteiger partial charge on any atom is -0.479 e. The molecule has 0 bridgehead atoms. The van der Waals surface area contributed by atoms with Crippen molar-refractivity contribution < 1.29 is 9.84 Å². The molecule has 1 aromatic carbocycles. The molecule has 33 heavy (non-hydrogen) atoms. The van der Waals surface area contributed by atoms with Crippen molar-refractivity contribution in [3.05, 3.63) is 72.1 Å². The highest BCUT2D eigenvalue weighted by molar-refractivity contribution is 5.55. The van der Waals surface area contributed by atoms with E-state index in [4.69, 9.17) is 14.8 Å². The Kier molecular flexibility index (Phi) is 5.46. The molecule has 0 amide bonds. The van der Waals surface area contributed by atoms with Crippen LogP contribution in [0.3, 0.4) is 0 Å². The molecule has 8 nitrogen and oxygen atoms in total. The summed E-state index contributed by atoms with van der Waals surface area (Å²) in [6.45, 7) is 4.62. The molecule has 5 rings (SSSR count). The normalized spacial score (nSPS) is 17.4. The van der Waals surface area contributed by atoms with Crippen molar-refractivity contribution >= 4 is 0 Å². The molecule has 2 unspecified atom stereocenters. The van der Waals surface area contributed by atoms with Crippen LogP contribution in [0.25, 0.3) is 17.2 Å². The van der Waals surface area contributed by atoms with Gasteiger partial charge in [-0.15, -0.1) is 5.10 Å². The third kappa shape index (κ3) is 4.14. The average Bonchev–Trinajstić information content (AvgIpc) is 3.45. The van der Waals surface area contributed by atoms with E-state index in [0.29, 0.717) is 23.8 Å². The summed E-state index contributed by atoms with van der Waals surface area (Å²) >= 11 is 0. The van der Waals surface area contributed by atoms with Gasteiger partial charge in [-0.2, -0.15) is 0 Å². The number of methoxy groups -OCH3 is 1. The Morgan fingerprint density at radius 3 is 2.70 bits per heavy atom. The summed E-state index contributed by atoms with van der Waals surface area (Å²) in [4.78, 5) is 13.8. The molecule has 4 aromatic rings. The third-order valence-electron chi connectivity index (χ3n) is 6.28. The van der Waals surface area contributed by atoms with Gasteiger partial charge in [-0.1, -0.05) is 30.3 Å². The van der Waals surface area contributed by atoms with Crippen molar-refractivity contribution in [2.75, 3.05) is 7.11 Å². The maximum atomic E-state index is 11.4. The van der Waals surface area contributed by atoms with Crippen LogP contribution in [0.2, 0.25) is 0 Å². The minimum absolute atomic E-state index is 0.109. The van der Waals surface area contributed by atoms with Gasteiger partial charge in [0.1, 0.15) is 17.2 Å². The molecule has 4 heterocycles. The summed E-state index contributed by atoms with van der Waals surface area (Å²) in [6, 6.07) is 13.9. The maximum Gasteiger partial charge on any atom is 0.238 e. The first kappa shape index (κ1) is 21.3. The Morgan fingerprint density at radius 2 is 1.97 bits per heavy atom. The molecule has 1 aliphatic rings. The molecular weight excluding hydrogens is 416 g/mol. The Labute approximate surface area is 192 Å². The largest absolute Gasteiger partial charge is 0.479 e. The van der Waals surface area contributed by atoms with Gasteiger partial charge < -0.3 is 14.4 Å². The number of benzene rings is 1. The second kappa shape index (κ2) is 8.44. The maximum absolute atomic E-state index is 11.4. The molecule has 2 atom stereocenters. The number of ether oxygens (including phenoxy) is 1. The SMILES string of the molecule is COc1nc(-c2nc3n(n2)CCCC3C(C)(O)Cc2ccccc2)ccc1-n1cnc(C)c1. The van der Waals surface area contributed by atoms with E-state index in [9.17, 15) is 5.11 Å². The molecule has 0 spiro atoms. The predicted molar refractivity (Wildman–Crippen MR) is 124 cm³/mol. The lowest BCUT2D eigenvalue weighted by molar-refractivity contribution is 0.0179. The monoisotopic (exact) mass is 444 g/mol. The fourth-order valence-corrected chi connectivity index (χ4v) is 4.64. The molecular formula is C25H28N6O2. The highest BCUT2D eigenvalue weighted by Gasteiger charge is 2.39. The lowest BCUT2D eigenvalue weighted by atomic mass is 9.79. The van der Waals surface area contributed by atoms with Crippen LogP contribution < -0.4 is 4.74 Å². The number of fused-ring (bicyclic) bond motifs is 1. The lowest BCUT2D eigenvalue weighted by Gasteiger charge is -2.35. The summed E-state index contributed by atoms with van der Waals surface area (Å²) in [5.41, 5.74) is 2.53. The molecule has 3 aromatic heterocycles. The summed E-state index contributed by atoms with van der Waals surface area (Å²) in [5, 5.41) is 16.2. The average molecular weight is 445 g/mol. The molecule has 1 aliphatic heterocycles. The van der Waals surface area contributed by atoms with Crippen molar-refractivity contribution in [2.24, 2.45) is 0 Å². The Morgan fingerprint density at radius 1 is 1.15 bits per heavy atom. The van der Waals surface area contributed by atoms with E-state index in [1.807, 2.05) is 71.8 Å². The second-order valence-electron chi connectivity index (χ2n) is 8.88. The zero-order valence-corrected chi connectivity index (χ0v) is 19.1. The van der Waals surface area contributed by atoms with Gasteiger partial charge in [0.2, 0.25) is 5.88 Å². The van der Waals surface area contributed by atoms with Crippen LogP contribution in [-0.4, -0.2) is 47.1 Å². The predicted octanol–water partition coefficient (Wildman–Crippen LogP) is 3.71. The van der Waals surface area contributed by atoms with E-state index in [1.165, 1.54) is 0 Å². The van der Waals surface area contributed by atoms with Gasteiger partial charge in [-0.05, 0) is 44.4 Å².